The molecule has 0 amide bonds. The van der Waals surface area contributed by atoms with E-state index in [0.717, 1.165) is 33.0 Å². The summed E-state index contributed by atoms with van der Waals surface area (Å²) >= 11 is 0. The Hall–Kier alpha value is -0.400. The molecule has 2 aliphatic carbocycles. The van der Waals surface area contributed by atoms with Gasteiger partial charge in [-0.05, 0) is 39.0 Å². The summed E-state index contributed by atoms with van der Waals surface area (Å²) in [7, 11) is 1.08. The molecule has 0 unspecified atom stereocenters. The van der Waals surface area contributed by atoms with Gasteiger partial charge in [0.2, 0.25) is 0 Å². The summed E-state index contributed by atoms with van der Waals surface area (Å²) in [6.45, 7) is 4.31. The molecule has 0 aromatic carbocycles. The molecule has 2 N–H and O–H groups in total. The first-order valence-corrected chi connectivity index (χ1v) is 7.53. The normalized spacial score (nSPS) is 21.8. The summed E-state index contributed by atoms with van der Waals surface area (Å²) in [4.78, 5) is 4.41. The van der Waals surface area contributed by atoms with E-state index >= 15 is 0 Å². The summed E-state index contributed by atoms with van der Waals surface area (Å²) in [6, 6.07) is 0. The van der Waals surface area contributed by atoms with E-state index in [4.69, 9.17) is 10.2 Å². The molecule has 2 aliphatic rings. The molecule has 4 heteroatoms. The zero-order chi connectivity index (χ0) is 10.9. The van der Waals surface area contributed by atoms with Crippen molar-refractivity contribution in [3.05, 3.63) is 17.8 Å². The van der Waals surface area contributed by atoms with Crippen LogP contribution < -0.4 is 5.73 Å². The molecule has 1 aromatic heterocycles. The number of hydrogen-bond acceptors (Lipinski definition) is 3. The zero-order valence-electron chi connectivity index (χ0n) is 9.42. The SMILES string of the molecule is CPC.NC1(c2coc(C3CC3)n2)CC1. The van der Waals surface area contributed by atoms with Crippen molar-refractivity contribution in [3.63, 3.8) is 0 Å². The summed E-state index contributed by atoms with van der Waals surface area (Å²) in [5.74, 6) is 1.50. The van der Waals surface area contributed by atoms with Crippen LogP contribution in [0.5, 0.6) is 0 Å². The van der Waals surface area contributed by atoms with E-state index in [1.165, 1.54) is 12.8 Å². The third-order valence-corrected chi connectivity index (χ3v) is 2.75. The van der Waals surface area contributed by atoms with Gasteiger partial charge >= 0.3 is 0 Å². The smallest absolute Gasteiger partial charge is 0.197 e. The van der Waals surface area contributed by atoms with Crippen molar-refractivity contribution >= 4 is 8.58 Å². The van der Waals surface area contributed by atoms with Gasteiger partial charge in [0.25, 0.3) is 0 Å². The van der Waals surface area contributed by atoms with Gasteiger partial charge in [0.15, 0.2) is 5.89 Å². The highest BCUT2D eigenvalue weighted by atomic mass is 31.1. The first kappa shape index (κ1) is 11.1. The summed E-state index contributed by atoms with van der Waals surface area (Å²) in [5, 5.41) is 0. The minimum Gasteiger partial charge on any atom is -0.448 e. The molecule has 0 saturated heterocycles. The summed E-state index contributed by atoms with van der Waals surface area (Å²) in [5.41, 5.74) is 6.81. The van der Waals surface area contributed by atoms with E-state index < -0.39 is 0 Å². The Balaban J connectivity index is 0.000000258. The second-order valence-electron chi connectivity index (χ2n) is 4.50. The van der Waals surface area contributed by atoms with Gasteiger partial charge in [0, 0.05) is 5.92 Å². The summed E-state index contributed by atoms with van der Waals surface area (Å²) < 4.78 is 5.36. The van der Waals surface area contributed by atoms with Crippen molar-refractivity contribution in [1.29, 1.82) is 0 Å². The van der Waals surface area contributed by atoms with E-state index in [0.29, 0.717) is 5.92 Å². The number of nitrogens with two attached hydrogens (primary N) is 1. The van der Waals surface area contributed by atoms with Crippen LogP contribution in [0.15, 0.2) is 10.7 Å². The Morgan fingerprint density at radius 3 is 2.53 bits per heavy atom. The van der Waals surface area contributed by atoms with E-state index in [9.17, 15) is 0 Å². The second kappa shape index (κ2) is 4.23. The molecule has 3 nitrogen and oxygen atoms in total. The van der Waals surface area contributed by atoms with Gasteiger partial charge < -0.3 is 10.2 Å². The molecule has 0 aliphatic heterocycles. The second-order valence-corrected chi connectivity index (χ2v) is 5.50. The van der Waals surface area contributed by atoms with Crippen LogP contribution in [0, 0.1) is 0 Å². The lowest BCUT2D eigenvalue weighted by atomic mass is 10.2. The van der Waals surface area contributed by atoms with Crippen LogP contribution in [-0.2, 0) is 5.54 Å². The molecule has 15 heavy (non-hydrogen) atoms. The van der Waals surface area contributed by atoms with Gasteiger partial charge in [-0.15, -0.1) is 8.58 Å². The van der Waals surface area contributed by atoms with Crippen LogP contribution in [0.1, 0.15) is 43.2 Å². The molecule has 1 aromatic rings. The topological polar surface area (TPSA) is 52.0 Å². The third kappa shape index (κ3) is 2.59. The van der Waals surface area contributed by atoms with Crippen molar-refractivity contribution in [2.24, 2.45) is 5.73 Å². The van der Waals surface area contributed by atoms with Crippen LogP contribution in [0.2, 0.25) is 0 Å². The standard InChI is InChI=1S/C9H12N2O.C2H7P/c10-9(3-4-9)7-5-12-8(11-7)6-1-2-6;1-3-2/h5-6H,1-4,10H2;3H,1-2H3. The monoisotopic (exact) mass is 226 g/mol. The molecule has 0 bridgehead atoms. The highest BCUT2D eigenvalue weighted by Crippen LogP contribution is 2.45. The van der Waals surface area contributed by atoms with Crippen molar-refractivity contribution in [2.75, 3.05) is 13.3 Å². The first-order chi connectivity index (χ1) is 7.19. The Morgan fingerprint density at radius 2 is 2.07 bits per heavy atom. The van der Waals surface area contributed by atoms with E-state index in [2.05, 4.69) is 18.3 Å². The average molecular weight is 226 g/mol. The fourth-order valence-electron chi connectivity index (χ4n) is 1.42. The minimum absolute atomic E-state index is 0.128. The Morgan fingerprint density at radius 1 is 1.47 bits per heavy atom. The predicted octanol–water partition coefficient (Wildman–Crippen LogP) is 2.42. The minimum atomic E-state index is -0.128. The average Bonchev–Trinajstić information content (AvgIpc) is 3.12. The lowest BCUT2D eigenvalue weighted by molar-refractivity contribution is 0.496. The number of rotatable bonds is 2. The van der Waals surface area contributed by atoms with Crippen LogP contribution in [0.3, 0.4) is 0 Å². The van der Waals surface area contributed by atoms with Gasteiger partial charge in [-0.3, -0.25) is 0 Å². The van der Waals surface area contributed by atoms with Crippen molar-refractivity contribution in [2.45, 2.75) is 37.1 Å². The first-order valence-electron chi connectivity index (χ1n) is 5.53. The fraction of sp³-hybridized carbons (Fsp3) is 0.727. The van der Waals surface area contributed by atoms with Gasteiger partial charge in [0.05, 0.1) is 11.2 Å². The number of aromatic nitrogens is 1. The zero-order valence-corrected chi connectivity index (χ0v) is 10.4. The van der Waals surface area contributed by atoms with E-state index in [-0.39, 0.29) is 5.54 Å². The Kier molecular flexibility index (Phi) is 3.13. The van der Waals surface area contributed by atoms with Crippen LogP contribution >= 0.6 is 8.58 Å². The van der Waals surface area contributed by atoms with Gasteiger partial charge in [0.1, 0.15) is 6.26 Å². The highest BCUT2D eigenvalue weighted by molar-refractivity contribution is 7.35. The van der Waals surface area contributed by atoms with Gasteiger partial charge in [-0.1, -0.05) is 0 Å². The Bertz CT molecular complexity index is 329. The number of hydrogen-bond donors (Lipinski definition) is 1. The van der Waals surface area contributed by atoms with E-state index in [1.807, 2.05) is 0 Å². The summed E-state index contributed by atoms with van der Waals surface area (Å²) in [6.07, 6.45) is 6.32. The lowest BCUT2D eigenvalue weighted by Gasteiger charge is -1.99. The van der Waals surface area contributed by atoms with Crippen molar-refractivity contribution in [1.82, 2.24) is 4.98 Å². The van der Waals surface area contributed by atoms with Crippen molar-refractivity contribution < 1.29 is 4.42 Å². The maximum Gasteiger partial charge on any atom is 0.197 e. The maximum absolute atomic E-state index is 5.98. The molecule has 2 saturated carbocycles. The lowest BCUT2D eigenvalue weighted by Crippen LogP contribution is -2.18. The predicted molar refractivity (Wildman–Crippen MR) is 63.7 cm³/mol. The Labute approximate surface area is 92.6 Å². The number of oxazole rings is 1. The van der Waals surface area contributed by atoms with Crippen LogP contribution in [0.25, 0.3) is 0 Å². The molecule has 0 radical (unpaired) electrons. The highest BCUT2D eigenvalue weighted by Gasteiger charge is 2.43. The van der Waals surface area contributed by atoms with Crippen LogP contribution in [0.4, 0.5) is 0 Å². The molecule has 3 rings (SSSR count). The third-order valence-electron chi connectivity index (χ3n) is 2.75. The molecule has 1 heterocycles. The largest absolute Gasteiger partial charge is 0.448 e. The quantitative estimate of drug-likeness (QED) is 0.788. The van der Waals surface area contributed by atoms with Crippen molar-refractivity contribution in [3.8, 4) is 0 Å². The molecule has 0 spiro atoms. The van der Waals surface area contributed by atoms with Gasteiger partial charge in [-0.2, -0.15) is 0 Å². The fourth-order valence-corrected chi connectivity index (χ4v) is 1.42. The molecule has 84 valence electrons. The number of nitrogens with zero attached hydrogens (tertiary/aromatic N) is 1. The maximum atomic E-state index is 5.98. The molecular formula is C11H19N2OP. The van der Waals surface area contributed by atoms with Crippen LogP contribution in [-0.4, -0.2) is 18.3 Å². The molecule has 2 fully saturated rings. The molecular weight excluding hydrogens is 207 g/mol. The molecule has 0 atom stereocenters. The van der Waals surface area contributed by atoms with E-state index in [1.54, 1.807) is 6.26 Å². The van der Waals surface area contributed by atoms with Gasteiger partial charge in [-0.25, -0.2) is 4.98 Å².